The summed E-state index contributed by atoms with van der Waals surface area (Å²) < 4.78 is 2.50. The third kappa shape index (κ3) is 6.29. The van der Waals surface area contributed by atoms with E-state index in [1.165, 1.54) is 38.5 Å². The zero-order chi connectivity index (χ0) is 14.1. The average molecular weight is 394 g/mol. The van der Waals surface area contributed by atoms with E-state index in [-0.39, 0.29) is 5.56 Å². The summed E-state index contributed by atoms with van der Waals surface area (Å²) in [5.41, 5.74) is 0.0990. The first-order valence-electron chi connectivity index (χ1n) is 6.99. The molecule has 0 saturated carbocycles. The summed E-state index contributed by atoms with van der Waals surface area (Å²) in [6, 6.07) is 0. The molecule has 0 aliphatic rings. The Labute approximate surface area is 134 Å². The molecule has 0 aliphatic heterocycles. The molecule has 3 nitrogen and oxygen atoms in total. The molecule has 0 unspecified atom stereocenters. The number of hydrogen-bond donors (Lipinski definition) is 1. The Bertz CT molecular complexity index is 434. The van der Waals surface area contributed by atoms with Crippen LogP contribution >= 0.6 is 35.2 Å². The van der Waals surface area contributed by atoms with Crippen LogP contribution in [0.3, 0.4) is 0 Å². The number of hydrogen-bond acceptors (Lipinski definition) is 3. The molecule has 0 bridgehead atoms. The molecule has 0 radical (unpaired) electrons. The first-order valence-corrected chi connectivity index (χ1v) is 8.70. The quantitative estimate of drug-likeness (QED) is 0.393. The summed E-state index contributed by atoms with van der Waals surface area (Å²) in [4.78, 5) is 16.2. The molecule has 0 atom stereocenters. The van der Waals surface area contributed by atoms with Crippen LogP contribution in [0.25, 0.3) is 0 Å². The number of thiol groups is 1. The number of aromatic nitrogens is 2. The fourth-order valence-electron chi connectivity index (χ4n) is 2.08. The Balaban J connectivity index is 2.23. The van der Waals surface area contributed by atoms with Crippen molar-refractivity contribution in [3.63, 3.8) is 0 Å². The molecule has 19 heavy (non-hydrogen) atoms. The van der Waals surface area contributed by atoms with E-state index in [4.69, 9.17) is 0 Å². The topological polar surface area (TPSA) is 34.9 Å². The van der Waals surface area contributed by atoms with Crippen molar-refractivity contribution in [3.05, 3.63) is 25.9 Å². The Morgan fingerprint density at radius 3 is 2.37 bits per heavy atom. The van der Waals surface area contributed by atoms with Crippen LogP contribution in [0.5, 0.6) is 0 Å². The standard InChI is InChI=1S/C14H23IN2OS/c1-12-16-11-13(15)14(18)17(12)9-7-5-3-2-4-6-8-10-19/h11,19H,2-10H2,1H3. The largest absolute Gasteiger partial charge is 0.296 e. The SMILES string of the molecule is Cc1ncc(I)c(=O)n1CCCCCCCCCS. The van der Waals surface area contributed by atoms with Crippen LogP contribution in [0.2, 0.25) is 0 Å². The molecule has 0 N–H and O–H groups in total. The van der Waals surface area contributed by atoms with E-state index >= 15 is 0 Å². The minimum atomic E-state index is 0.0990. The van der Waals surface area contributed by atoms with Crippen molar-refractivity contribution in [2.75, 3.05) is 5.75 Å². The number of nitrogens with zero attached hydrogens (tertiary/aromatic N) is 2. The van der Waals surface area contributed by atoms with Gasteiger partial charge in [0.25, 0.3) is 5.56 Å². The molecule has 0 amide bonds. The highest BCUT2D eigenvalue weighted by Gasteiger charge is 2.04. The van der Waals surface area contributed by atoms with Crippen molar-refractivity contribution in [1.82, 2.24) is 9.55 Å². The van der Waals surface area contributed by atoms with Gasteiger partial charge in [0, 0.05) is 12.7 Å². The Morgan fingerprint density at radius 1 is 1.16 bits per heavy atom. The minimum Gasteiger partial charge on any atom is -0.296 e. The molecule has 1 aromatic rings. The van der Waals surface area contributed by atoms with E-state index in [2.05, 4.69) is 40.2 Å². The van der Waals surface area contributed by atoms with Gasteiger partial charge in [0.15, 0.2) is 0 Å². The lowest BCUT2D eigenvalue weighted by Gasteiger charge is -2.09. The molecule has 0 spiro atoms. The predicted molar refractivity (Wildman–Crippen MR) is 92.1 cm³/mol. The smallest absolute Gasteiger partial charge is 0.266 e. The molecule has 0 aromatic carbocycles. The molecule has 0 saturated heterocycles. The molecule has 1 rings (SSSR count). The third-order valence-electron chi connectivity index (χ3n) is 3.24. The van der Waals surface area contributed by atoms with Crippen LogP contribution in [-0.4, -0.2) is 15.3 Å². The second-order valence-corrected chi connectivity index (χ2v) is 6.42. The molecule has 1 aromatic heterocycles. The Hall–Kier alpha value is -0.0400. The van der Waals surface area contributed by atoms with Crippen LogP contribution in [0.15, 0.2) is 11.0 Å². The fraction of sp³-hybridized carbons (Fsp3) is 0.714. The number of rotatable bonds is 9. The summed E-state index contributed by atoms with van der Waals surface area (Å²) >= 11 is 6.26. The molecule has 1 heterocycles. The van der Waals surface area contributed by atoms with Crippen LogP contribution in [0.4, 0.5) is 0 Å². The maximum absolute atomic E-state index is 11.9. The lowest BCUT2D eigenvalue weighted by atomic mass is 10.1. The fourth-order valence-corrected chi connectivity index (χ4v) is 2.73. The molecule has 0 fully saturated rings. The van der Waals surface area contributed by atoms with Gasteiger partial charge in [0.2, 0.25) is 0 Å². The van der Waals surface area contributed by atoms with Crippen molar-refractivity contribution < 1.29 is 0 Å². The van der Waals surface area contributed by atoms with E-state index in [0.29, 0.717) is 3.57 Å². The van der Waals surface area contributed by atoms with E-state index in [9.17, 15) is 4.79 Å². The summed E-state index contributed by atoms with van der Waals surface area (Å²) in [6.45, 7) is 2.69. The summed E-state index contributed by atoms with van der Waals surface area (Å²) in [5.74, 6) is 1.82. The van der Waals surface area contributed by atoms with Crippen LogP contribution in [0, 0.1) is 10.5 Å². The zero-order valence-corrected chi connectivity index (χ0v) is 14.6. The third-order valence-corrected chi connectivity index (χ3v) is 4.30. The van der Waals surface area contributed by atoms with Gasteiger partial charge in [-0.15, -0.1) is 0 Å². The second kappa shape index (κ2) is 9.80. The molecule has 108 valence electrons. The predicted octanol–water partition coefficient (Wildman–Crippen LogP) is 3.82. The van der Waals surface area contributed by atoms with Crippen molar-refractivity contribution in [2.45, 2.75) is 58.4 Å². The highest BCUT2D eigenvalue weighted by molar-refractivity contribution is 14.1. The molecular weight excluding hydrogens is 371 g/mol. The highest BCUT2D eigenvalue weighted by Crippen LogP contribution is 2.08. The summed E-state index contributed by atoms with van der Waals surface area (Å²) in [5, 5.41) is 0. The van der Waals surface area contributed by atoms with Crippen molar-refractivity contribution in [3.8, 4) is 0 Å². The van der Waals surface area contributed by atoms with Gasteiger partial charge in [0.1, 0.15) is 5.82 Å². The van der Waals surface area contributed by atoms with Gasteiger partial charge in [-0.3, -0.25) is 9.36 Å². The van der Waals surface area contributed by atoms with Crippen molar-refractivity contribution in [2.24, 2.45) is 0 Å². The Morgan fingerprint density at radius 2 is 1.74 bits per heavy atom. The lowest BCUT2D eigenvalue weighted by Crippen LogP contribution is -2.25. The number of aryl methyl sites for hydroxylation is 1. The highest BCUT2D eigenvalue weighted by atomic mass is 127. The Kier molecular flexibility index (Phi) is 8.77. The van der Waals surface area contributed by atoms with Crippen LogP contribution in [0.1, 0.15) is 50.8 Å². The molecule has 5 heteroatoms. The normalized spacial score (nSPS) is 10.9. The first kappa shape index (κ1) is 17.0. The van der Waals surface area contributed by atoms with Gasteiger partial charge < -0.3 is 0 Å². The minimum absolute atomic E-state index is 0.0990. The average Bonchev–Trinajstić information content (AvgIpc) is 2.40. The maximum atomic E-state index is 11.9. The van der Waals surface area contributed by atoms with E-state index in [1.54, 1.807) is 10.8 Å². The van der Waals surface area contributed by atoms with Gasteiger partial charge in [-0.2, -0.15) is 12.6 Å². The van der Waals surface area contributed by atoms with Crippen molar-refractivity contribution >= 4 is 35.2 Å². The van der Waals surface area contributed by atoms with Gasteiger partial charge >= 0.3 is 0 Å². The van der Waals surface area contributed by atoms with Gasteiger partial charge in [-0.05, 0) is 48.1 Å². The summed E-state index contributed by atoms with van der Waals surface area (Å²) in [6.07, 6.45) is 10.3. The van der Waals surface area contributed by atoms with Gasteiger partial charge in [-0.25, -0.2) is 4.98 Å². The van der Waals surface area contributed by atoms with Crippen molar-refractivity contribution in [1.29, 1.82) is 0 Å². The van der Waals surface area contributed by atoms with Gasteiger partial charge in [-0.1, -0.05) is 32.1 Å². The van der Waals surface area contributed by atoms with E-state index in [0.717, 1.165) is 24.5 Å². The maximum Gasteiger partial charge on any atom is 0.266 e. The molecule has 0 aliphatic carbocycles. The van der Waals surface area contributed by atoms with Gasteiger partial charge in [0.05, 0.1) is 3.57 Å². The summed E-state index contributed by atoms with van der Waals surface area (Å²) in [7, 11) is 0. The first-order chi connectivity index (χ1) is 9.16. The second-order valence-electron chi connectivity index (χ2n) is 4.81. The molecular formula is C14H23IN2OS. The zero-order valence-electron chi connectivity index (χ0n) is 11.6. The van der Waals surface area contributed by atoms with Crippen LogP contribution in [-0.2, 0) is 6.54 Å². The van der Waals surface area contributed by atoms with E-state index < -0.39 is 0 Å². The number of unbranched alkanes of at least 4 members (excludes halogenated alkanes) is 6. The van der Waals surface area contributed by atoms with E-state index in [1.807, 2.05) is 6.92 Å². The lowest BCUT2D eigenvalue weighted by molar-refractivity contribution is 0.530. The monoisotopic (exact) mass is 394 g/mol. The number of halogens is 1. The van der Waals surface area contributed by atoms with Crippen LogP contribution < -0.4 is 5.56 Å².